The largest absolute Gasteiger partial charge is 0.315 e. The lowest BCUT2D eigenvalue weighted by atomic mass is 9.72. The molecule has 2 aliphatic rings. The molecule has 1 N–H and O–H groups in total. The van der Waals surface area contributed by atoms with Gasteiger partial charge in [-0.2, -0.15) is 0 Å². The Hall–Kier alpha value is -0.120. The van der Waals surface area contributed by atoms with E-state index in [4.69, 9.17) is 0 Å². The summed E-state index contributed by atoms with van der Waals surface area (Å²) >= 11 is 0. The molecule has 3 nitrogen and oxygen atoms in total. The van der Waals surface area contributed by atoms with Gasteiger partial charge in [0.15, 0.2) is 0 Å². The predicted octanol–water partition coefficient (Wildman–Crippen LogP) is 2.43. The molecule has 0 radical (unpaired) electrons. The SMILES string of the molecule is CNC1CCC(C)(C)CC1N1CCC(CN(C)C)CC1. The van der Waals surface area contributed by atoms with Gasteiger partial charge in [-0.05, 0) is 77.7 Å². The van der Waals surface area contributed by atoms with Crippen LogP contribution in [0.1, 0.15) is 46.0 Å². The van der Waals surface area contributed by atoms with Gasteiger partial charge in [0.25, 0.3) is 0 Å². The van der Waals surface area contributed by atoms with Gasteiger partial charge in [-0.25, -0.2) is 0 Å². The Kier molecular flexibility index (Phi) is 5.49. The summed E-state index contributed by atoms with van der Waals surface area (Å²) in [6.07, 6.45) is 6.83. The van der Waals surface area contributed by atoms with E-state index in [-0.39, 0.29) is 0 Å². The van der Waals surface area contributed by atoms with Gasteiger partial charge < -0.3 is 10.2 Å². The molecule has 2 unspecified atom stereocenters. The molecule has 0 aromatic heterocycles. The van der Waals surface area contributed by atoms with Crippen molar-refractivity contribution in [3.8, 4) is 0 Å². The zero-order valence-electron chi connectivity index (χ0n) is 14.3. The fraction of sp³-hybridized carbons (Fsp3) is 1.00. The molecule has 0 bridgehead atoms. The van der Waals surface area contributed by atoms with Crippen LogP contribution in [0.25, 0.3) is 0 Å². The molecule has 1 aliphatic heterocycles. The number of nitrogens with zero attached hydrogens (tertiary/aromatic N) is 2. The second-order valence-electron chi connectivity index (χ2n) is 8.11. The molecule has 1 saturated carbocycles. The maximum absolute atomic E-state index is 3.58. The quantitative estimate of drug-likeness (QED) is 0.854. The van der Waals surface area contributed by atoms with E-state index >= 15 is 0 Å². The topological polar surface area (TPSA) is 18.5 Å². The Balaban J connectivity index is 1.90. The summed E-state index contributed by atoms with van der Waals surface area (Å²) in [7, 11) is 6.55. The number of nitrogens with one attached hydrogen (secondary N) is 1. The molecule has 0 spiro atoms. The fourth-order valence-corrected chi connectivity index (χ4v) is 4.25. The van der Waals surface area contributed by atoms with Crippen molar-refractivity contribution in [2.75, 3.05) is 40.8 Å². The molecule has 3 heteroatoms. The summed E-state index contributed by atoms with van der Waals surface area (Å²) in [6, 6.07) is 1.46. The molecule has 2 fully saturated rings. The summed E-state index contributed by atoms with van der Waals surface area (Å²) in [5.41, 5.74) is 0.526. The molecular weight excluding hydrogens is 246 g/mol. The van der Waals surface area contributed by atoms with E-state index < -0.39 is 0 Å². The highest BCUT2D eigenvalue weighted by Gasteiger charge is 2.38. The lowest BCUT2D eigenvalue weighted by Crippen LogP contribution is -2.56. The van der Waals surface area contributed by atoms with Crippen LogP contribution in [-0.2, 0) is 0 Å². The first kappa shape index (κ1) is 16.3. The van der Waals surface area contributed by atoms with Crippen LogP contribution in [0.3, 0.4) is 0 Å². The van der Waals surface area contributed by atoms with E-state index in [1.54, 1.807) is 0 Å². The minimum absolute atomic E-state index is 0.526. The zero-order chi connectivity index (χ0) is 14.8. The molecule has 1 aliphatic carbocycles. The second kappa shape index (κ2) is 6.76. The van der Waals surface area contributed by atoms with Crippen molar-refractivity contribution in [2.45, 2.75) is 58.0 Å². The maximum Gasteiger partial charge on any atom is 0.0254 e. The third-order valence-electron chi connectivity index (χ3n) is 5.47. The molecular formula is C17H35N3. The van der Waals surface area contributed by atoms with Crippen LogP contribution in [0.2, 0.25) is 0 Å². The monoisotopic (exact) mass is 281 g/mol. The van der Waals surface area contributed by atoms with Crippen molar-refractivity contribution in [3.05, 3.63) is 0 Å². The average Bonchev–Trinajstić information content (AvgIpc) is 2.38. The number of likely N-dealkylation sites (tertiary alicyclic amines) is 1. The summed E-state index contributed by atoms with van der Waals surface area (Å²) in [5.74, 6) is 0.908. The first-order valence-electron chi connectivity index (χ1n) is 8.47. The van der Waals surface area contributed by atoms with Crippen molar-refractivity contribution >= 4 is 0 Å². The summed E-state index contributed by atoms with van der Waals surface area (Å²) in [6.45, 7) is 8.77. The molecule has 0 amide bonds. The van der Waals surface area contributed by atoms with Gasteiger partial charge in [0, 0.05) is 18.6 Å². The number of piperidine rings is 1. The van der Waals surface area contributed by atoms with Crippen LogP contribution in [0.4, 0.5) is 0 Å². The van der Waals surface area contributed by atoms with Crippen LogP contribution in [0, 0.1) is 11.3 Å². The highest BCUT2D eigenvalue weighted by molar-refractivity contribution is 4.95. The van der Waals surface area contributed by atoms with Gasteiger partial charge >= 0.3 is 0 Å². The van der Waals surface area contributed by atoms with Crippen molar-refractivity contribution < 1.29 is 0 Å². The Morgan fingerprint density at radius 2 is 1.80 bits per heavy atom. The molecule has 1 heterocycles. The van der Waals surface area contributed by atoms with E-state index in [1.807, 2.05) is 0 Å². The minimum atomic E-state index is 0.526. The van der Waals surface area contributed by atoms with Gasteiger partial charge in [0.05, 0.1) is 0 Å². The van der Waals surface area contributed by atoms with E-state index in [0.29, 0.717) is 11.5 Å². The van der Waals surface area contributed by atoms with Crippen molar-refractivity contribution in [1.29, 1.82) is 0 Å². The molecule has 0 aromatic rings. The number of hydrogen-bond acceptors (Lipinski definition) is 3. The second-order valence-corrected chi connectivity index (χ2v) is 8.11. The lowest BCUT2D eigenvalue weighted by molar-refractivity contribution is 0.0403. The van der Waals surface area contributed by atoms with Crippen molar-refractivity contribution in [1.82, 2.24) is 15.1 Å². The third kappa shape index (κ3) is 4.19. The summed E-state index contributed by atoms with van der Waals surface area (Å²) < 4.78 is 0. The van der Waals surface area contributed by atoms with Gasteiger partial charge in [-0.3, -0.25) is 4.90 Å². The third-order valence-corrected chi connectivity index (χ3v) is 5.47. The highest BCUT2D eigenvalue weighted by Crippen LogP contribution is 2.38. The van der Waals surface area contributed by atoms with Crippen LogP contribution < -0.4 is 5.32 Å². The predicted molar refractivity (Wildman–Crippen MR) is 87.1 cm³/mol. The first-order valence-corrected chi connectivity index (χ1v) is 8.47. The highest BCUT2D eigenvalue weighted by atomic mass is 15.2. The Bertz CT molecular complexity index is 293. The van der Waals surface area contributed by atoms with Crippen LogP contribution in [-0.4, -0.2) is 62.7 Å². The minimum Gasteiger partial charge on any atom is -0.315 e. The molecule has 2 rings (SSSR count). The van der Waals surface area contributed by atoms with Gasteiger partial charge in [0.2, 0.25) is 0 Å². The maximum atomic E-state index is 3.58. The molecule has 0 aromatic carbocycles. The first-order chi connectivity index (χ1) is 9.41. The smallest absolute Gasteiger partial charge is 0.0254 e. The van der Waals surface area contributed by atoms with E-state index in [1.165, 1.54) is 51.7 Å². The number of rotatable bonds is 4. The van der Waals surface area contributed by atoms with E-state index in [2.05, 4.69) is 50.1 Å². The lowest BCUT2D eigenvalue weighted by Gasteiger charge is -2.48. The Labute approximate surface area is 126 Å². The van der Waals surface area contributed by atoms with Crippen molar-refractivity contribution in [2.24, 2.45) is 11.3 Å². The summed E-state index contributed by atoms with van der Waals surface area (Å²) in [4.78, 5) is 5.13. The van der Waals surface area contributed by atoms with E-state index in [9.17, 15) is 0 Å². The molecule has 1 saturated heterocycles. The zero-order valence-corrected chi connectivity index (χ0v) is 14.3. The van der Waals surface area contributed by atoms with Crippen LogP contribution in [0.5, 0.6) is 0 Å². The number of hydrogen-bond donors (Lipinski definition) is 1. The standard InChI is InChI=1S/C17H35N3/c1-17(2)9-6-15(18-3)16(12-17)20-10-7-14(8-11-20)13-19(4)5/h14-16,18H,6-13H2,1-5H3. The number of likely N-dealkylation sites (N-methyl/N-ethyl adjacent to an activating group) is 1. The Morgan fingerprint density at radius 1 is 1.15 bits per heavy atom. The van der Waals surface area contributed by atoms with Crippen LogP contribution >= 0.6 is 0 Å². The fourth-order valence-electron chi connectivity index (χ4n) is 4.25. The average molecular weight is 281 g/mol. The van der Waals surface area contributed by atoms with Crippen LogP contribution in [0.15, 0.2) is 0 Å². The van der Waals surface area contributed by atoms with Gasteiger partial charge in [-0.1, -0.05) is 13.8 Å². The van der Waals surface area contributed by atoms with Gasteiger partial charge in [-0.15, -0.1) is 0 Å². The van der Waals surface area contributed by atoms with Gasteiger partial charge in [0.1, 0.15) is 0 Å². The Morgan fingerprint density at radius 3 is 2.35 bits per heavy atom. The molecule has 118 valence electrons. The normalized spacial score (nSPS) is 32.7. The van der Waals surface area contributed by atoms with E-state index in [0.717, 1.165) is 12.0 Å². The van der Waals surface area contributed by atoms with Crippen molar-refractivity contribution in [3.63, 3.8) is 0 Å². The molecule has 2 atom stereocenters. The molecule has 20 heavy (non-hydrogen) atoms. The summed E-state index contributed by atoms with van der Waals surface area (Å²) in [5, 5.41) is 3.58.